The van der Waals surface area contributed by atoms with Crippen LogP contribution in [0.25, 0.3) is 0 Å². The molecule has 1 atom stereocenters. The molecule has 0 spiro atoms. The molecule has 1 amide bonds. The zero-order chi connectivity index (χ0) is 18.8. The summed E-state index contributed by atoms with van der Waals surface area (Å²) in [5.41, 5.74) is 3.28. The van der Waals surface area contributed by atoms with Crippen LogP contribution in [0.15, 0.2) is 12.4 Å². The molecule has 2 aromatic heterocycles. The van der Waals surface area contributed by atoms with Crippen LogP contribution in [-0.4, -0.2) is 38.7 Å². The van der Waals surface area contributed by atoms with E-state index < -0.39 is 0 Å². The van der Waals surface area contributed by atoms with E-state index in [4.69, 9.17) is 0 Å². The summed E-state index contributed by atoms with van der Waals surface area (Å²) in [6, 6.07) is -0.126. The van der Waals surface area contributed by atoms with Crippen molar-refractivity contribution in [3.63, 3.8) is 0 Å². The van der Waals surface area contributed by atoms with Crippen molar-refractivity contribution in [2.45, 2.75) is 46.6 Å². The molecule has 3 heterocycles. The van der Waals surface area contributed by atoms with Gasteiger partial charge in [0.1, 0.15) is 0 Å². The maximum atomic E-state index is 12.7. The van der Waals surface area contributed by atoms with Gasteiger partial charge in [-0.2, -0.15) is 5.10 Å². The molecule has 2 aromatic rings. The molecule has 1 saturated heterocycles. The normalized spacial score (nSPS) is 16.6. The van der Waals surface area contributed by atoms with Gasteiger partial charge in [-0.3, -0.25) is 9.48 Å². The second kappa shape index (κ2) is 7.43. The quantitative estimate of drug-likeness (QED) is 0.911. The van der Waals surface area contributed by atoms with E-state index in [1.165, 1.54) is 0 Å². The Morgan fingerprint density at radius 1 is 1.27 bits per heavy atom. The molecule has 26 heavy (non-hydrogen) atoms. The van der Waals surface area contributed by atoms with Gasteiger partial charge < -0.3 is 10.2 Å². The van der Waals surface area contributed by atoms with E-state index in [0.717, 1.165) is 49.1 Å². The van der Waals surface area contributed by atoms with E-state index in [2.05, 4.69) is 32.2 Å². The molecule has 0 bridgehead atoms. The van der Waals surface area contributed by atoms with Crippen LogP contribution in [0.2, 0.25) is 0 Å². The highest BCUT2D eigenvalue weighted by Crippen LogP contribution is 2.21. The fraction of sp³-hybridized carbons (Fsp3) is 0.579. The zero-order valence-electron chi connectivity index (χ0n) is 16.3. The minimum atomic E-state index is -0.155. The summed E-state index contributed by atoms with van der Waals surface area (Å²) < 4.78 is 1.81. The first kappa shape index (κ1) is 18.4. The molecular formula is C19H28N6O. The number of nitrogens with zero attached hydrogens (tertiary/aromatic N) is 5. The number of carbonyl (C=O) groups excluding carboxylic acids is 1. The fourth-order valence-electron chi connectivity index (χ4n) is 3.33. The lowest BCUT2D eigenvalue weighted by Gasteiger charge is -2.30. The Kier molecular flexibility index (Phi) is 5.25. The van der Waals surface area contributed by atoms with E-state index in [0.29, 0.717) is 11.3 Å². The Morgan fingerprint density at radius 2 is 1.96 bits per heavy atom. The molecule has 1 N–H and O–H groups in total. The van der Waals surface area contributed by atoms with Crippen molar-refractivity contribution in [1.29, 1.82) is 0 Å². The van der Waals surface area contributed by atoms with Crippen molar-refractivity contribution in [1.82, 2.24) is 25.1 Å². The molecule has 0 aliphatic carbocycles. The minimum absolute atomic E-state index is 0.126. The van der Waals surface area contributed by atoms with E-state index in [1.54, 1.807) is 17.1 Å². The second-order valence-electron chi connectivity index (χ2n) is 7.34. The lowest BCUT2D eigenvalue weighted by atomic mass is 10.00. The van der Waals surface area contributed by atoms with Gasteiger partial charge in [-0.05, 0) is 39.5 Å². The maximum Gasteiger partial charge on any atom is 0.255 e. The first-order valence-electron chi connectivity index (χ1n) is 9.24. The van der Waals surface area contributed by atoms with Gasteiger partial charge in [0, 0.05) is 37.6 Å². The predicted molar refractivity (Wildman–Crippen MR) is 101 cm³/mol. The first-order chi connectivity index (χ1) is 12.4. The number of nitrogens with one attached hydrogen (secondary N) is 1. The van der Waals surface area contributed by atoms with Crippen LogP contribution in [0.5, 0.6) is 0 Å². The Bertz CT molecular complexity index is 791. The van der Waals surface area contributed by atoms with E-state index in [-0.39, 0.29) is 11.9 Å². The van der Waals surface area contributed by atoms with Gasteiger partial charge in [0.15, 0.2) is 0 Å². The molecule has 0 saturated carbocycles. The van der Waals surface area contributed by atoms with E-state index in [9.17, 15) is 4.79 Å². The minimum Gasteiger partial charge on any atom is -0.345 e. The third-order valence-corrected chi connectivity index (χ3v) is 5.37. The third-order valence-electron chi connectivity index (χ3n) is 5.37. The summed E-state index contributed by atoms with van der Waals surface area (Å²) in [5.74, 6) is 1.33. The van der Waals surface area contributed by atoms with Gasteiger partial charge in [-0.1, -0.05) is 6.92 Å². The SMILES string of the molecule is Cc1nc(N2CCC(C)CC2)ncc1C(=O)NC(C)c1cnn(C)c1C. The summed E-state index contributed by atoms with van der Waals surface area (Å²) >= 11 is 0. The molecule has 7 nitrogen and oxygen atoms in total. The highest BCUT2D eigenvalue weighted by molar-refractivity contribution is 5.95. The van der Waals surface area contributed by atoms with Gasteiger partial charge in [-0.15, -0.1) is 0 Å². The summed E-state index contributed by atoms with van der Waals surface area (Å²) in [4.78, 5) is 23.9. The average Bonchev–Trinajstić information content (AvgIpc) is 2.94. The number of anilines is 1. The maximum absolute atomic E-state index is 12.7. The number of hydrogen-bond donors (Lipinski definition) is 1. The summed E-state index contributed by atoms with van der Waals surface area (Å²) in [7, 11) is 1.89. The van der Waals surface area contributed by atoms with Crippen LogP contribution >= 0.6 is 0 Å². The molecule has 1 aliphatic rings. The largest absolute Gasteiger partial charge is 0.345 e. The van der Waals surface area contributed by atoms with Crippen molar-refractivity contribution < 1.29 is 4.79 Å². The monoisotopic (exact) mass is 356 g/mol. The predicted octanol–water partition coefficient (Wildman–Crippen LogP) is 2.55. The Balaban J connectivity index is 1.70. The van der Waals surface area contributed by atoms with Gasteiger partial charge in [0.25, 0.3) is 5.91 Å². The Labute approximate surface area is 154 Å². The van der Waals surface area contributed by atoms with Gasteiger partial charge in [-0.25, -0.2) is 9.97 Å². The molecule has 140 valence electrons. The van der Waals surface area contributed by atoms with E-state index >= 15 is 0 Å². The van der Waals surface area contributed by atoms with Crippen LogP contribution in [0.3, 0.4) is 0 Å². The van der Waals surface area contributed by atoms with Crippen molar-refractivity contribution >= 4 is 11.9 Å². The number of piperidine rings is 1. The van der Waals surface area contributed by atoms with Crippen molar-refractivity contribution in [2.24, 2.45) is 13.0 Å². The Morgan fingerprint density at radius 3 is 2.54 bits per heavy atom. The highest BCUT2D eigenvalue weighted by Gasteiger charge is 2.21. The number of aromatic nitrogens is 4. The van der Waals surface area contributed by atoms with Gasteiger partial charge >= 0.3 is 0 Å². The highest BCUT2D eigenvalue weighted by atomic mass is 16.1. The zero-order valence-corrected chi connectivity index (χ0v) is 16.3. The van der Waals surface area contributed by atoms with Gasteiger partial charge in [0.2, 0.25) is 5.95 Å². The summed E-state index contributed by atoms with van der Waals surface area (Å²) in [5, 5.41) is 7.27. The van der Waals surface area contributed by atoms with Crippen LogP contribution < -0.4 is 10.2 Å². The topological polar surface area (TPSA) is 75.9 Å². The lowest BCUT2D eigenvalue weighted by Crippen LogP contribution is -2.34. The first-order valence-corrected chi connectivity index (χ1v) is 9.24. The van der Waals surface area contributed by atoms with Crippen molar-refractivity contribution in [3.8, 4) is 0 Å². The molecule has 1 unspecified atom stereocenters. The number of amides is 1. The van der Waals surface area contributed by atoms with Crippen molar-refractivity contribution in [3.05, 3.63) is 34.9 Å². The fourth-order valence-corrected chi connectivity index (χ4v) is 3.33. The molecule has 1 fully saturated rings. The van der Waals surface area contributed by atoms with Gasteiger partial charge in [0.05, 0.1) is 23.5 Å². The second-order valence-corrected chi connectivity index (χ2v) is 7.34. The third kappa shape index (κ3) is 3.71. The molecule has 3 rings (SSSR count). The molecule has 0 radical (unpaired) electrons. The summed E-state index contributed by atoms with van der Waals surface area (Å²) in [6.07, 6.45) is 5.76. The number of aryl methyl sites for hydroxylation is 2. The Hall–Kier alpha value is -2.44. The van der Waals surface area contributed by atoms with Crippen LogP contribution in [0.4, 0.5) is 5.95 Å². The van der Waals surface area contributed by atoms with Crippen LogP contribution in [0.1, 0.15) is 60.0 Å². The molecule has 0 aromatic carbocycles. The lowest BCUT2D eigenvalue weighted by molar-refractivity contribution is 0.0938. The number of rotatable bonds is 4. The molecule has 7 heteroatoms. The van der Waals surface area contributed by atoms with Crippen molar-refractivity contribution in [2.75, 3.05) is 18.0 Å². The average molecular weight is 356 g/mol. The van der Waals surface area contributed by atoms with E-state index in [1.807, 2.05) is 27.8 Å². The number of carbonyl (C=O) groups is 1. The van der Waals surface area contributed by atoms with Crippen LogP contribution in [0, 0.1) is 19.8 Å². The smallest absolute Gasteiger partial charge is 0.255 e. The number of hydrogen-bond acceptors (Lipinski definition) is 5. The molecule has 1 aliphatic heterocycles. The molecular weight excluding hydrogens is 328 g/mol. The van der Waals surface area contributed by atoms with Crippen LogP contribution in [-0.2, 0) is 7.05 Å². The standard InChI is InChI=1S/C19H28N6O/c1-12-6-8-25(9-7-12)19-20-10-17(14(3)23-19)18(26)22-13(2)16-11-21-24(5)15(16)4/h10-13H,6-9H2,1-5H3,(H,22,26). The summed E-state index contributed by atoms with van der Waals surface area (Å²) in [6.45, 7) is 10.1.